The molecule has 1 aliphatic rings. The van der Waals surface area contributed by atoms with Crippen molar-refractivity contribution in [3.05, 3.63) is 60.4 Å². The molecule has 1 unspecified atom stereocenters. The van der Waals surface area contributed by atoms with Crippen LogP contribution in [0.1, 0.15) is 24.3 Å². The van der Waals surface area contributed by atoms with Crippen LogP contribution in [-0.4, -0.2) is 43.8 Å². The van der Waals surface area contributed by atoms with Gasteiger partial charge in [-0.1, -0.05) is 30.3 Å². The predicted octanol–water partition coefficient (Wildman–Crippen LogP) is 1.77. The zero-order valence-electron chi connectivity index (χ0n) is 13.8. The molecule has 3 rings (SSSR count). The lowest BCUT2D eigenvalue weighted by atomic mass is 9.90. The molecular weight excluding hydrogens is 338 g/mol. The molecule has 25 heavy (non-hydrogen) atoms. The van der Waals surface area contributed by atoms with Gasteiger partial charge in [0.2, 0.25) is 15.9 Å². The van der Waals surface area contributed by atoms with Crippen molar-refractivity contribution >= 4 is 15.9 Å². The van der Waals surface area contributed by atoms with Crippen molar-refractivity contribution in [3.8, 4) is 0 Å². The van der Waals surface area contributed by atoms with Crippen LogP contribution in [0.15, 0.2) is 59.8 Å². The first-order valence-electron chi connectivity index (χ1n) is 8.29. The van der Waals surface area contributed by atoms with Gasteiger partial charge >= 0.3 is 0 Å². The van der Waals surface area contributed by atoms with Gasteiger partial charge in [-0.3, -0.25) is 9.78 Å². The van der Waals surface area contributed by atoms with E-state index in [1.165, 1.54) is 24.0 Å². The molecular formula is C18H21N3O3S. The van der Waals surface area contributed by atoms with E-state index in [1.54, 1.807) is 11.0 Å². The van der Waals surface area contributed by atoms with E-state index in [0.717, 1.165) is 12.8 Å². The Morgan fingerprint density at radius 1 is 1.20 bits per heavy atom. The Morgan fingerprint density at radius 3 is 2.72 bits per heavy atom. The first-order chi connectivity index (χ1) is 12.1. The van der Waals surface area contributed by atoms with E-state index in [1.807, 2.05) is 18.2 Å². The van der Waals surface area contributed by atoms with E-state index in [2.05, 4.69) is 21.8 Å². The smallest absolute Gasteiger partial charge is 0.242 e. The minimum Gasteiger partial charge on any atom is -0.341 e. The number of hydrogen-bond donors (Lipinski definition) is 1. The van der Waals surface area contributed by atoms with Crippen LogP contribution in [0.25, 0.3) is 0 Å². The summed E-state index contributed by atoms with van der Waals surface area (Å²) in [6.07, 6.45) is 4.72. The molecule has 1 N–H and O–H groups in total. The number of rotatable bonds is 5. The first-order valence-corrected chi connectivity index (χ1v) is 9.77. The van der Waals surface area contributed by atoms with Crippen LogP contribution in [0, 0.1) is 0 Å². The lowest BCUT2D eigenvalue weighted by Crippen LogP contribution is -2.44. The number of nitrogens with zero attached hydrogens (tertiary/aromatic N) is 2. The number of carbonyl (C=O) groups is 1. The van der Waals surface area contributed by atoms with Crippen molar-refractivity contribution in [1.29, 1.82) is 0 Å². The second kappa shape index (κ2) is 7.76. The molecule has 0 saturated carbocycles. The maximum atomic E-state index is 12.4. The van der Waals surface area contributed by atoms with E-state index in [0.29, 0.717) is 19.0 Å². The maximum absolute atomic E-state index is 12.4. The van der Waals surface area contributed by atoms with Crippen molar-refractivity contribution in [3.63, 3.8) is 0 Å². The highest BCUT2D eigenvalue weighted by molar-refractivity contribution is 7.89. The first kappa shape index (κ1) is 17.6. The van der Waals surface area contributed by atoms with Gasteiger partial charge in [0.15, 0.2) is 0 Å². The number of piperidine rings is 1. The molecule has 6 nitrogen and oxygen atoms in total. The van der Waals surface area contributed by atoms with Crippen molar-refractivity contribution in [1.82, 2.24) is 14.6 Å². The van der Waals surface area contributed by atoms with Gasteiger partial charge in [0.25, 0.3) is 0 Å². The highest BCUT2D eigenvalue weighted by atomic mass is 32.2. The van der Waals surface area contributed by atoms with Gasteiger partial charge in [0.1, 0.15) is 4.90 Å². The van der Waals surface area contributed by atoms with Crippen LogP contribution < -0.4 is 4.72 Å². The Balaban J connectivity index is 1.60. The van der Waals surface area contributed by atoms with E-state index in [9.17, 15) is 13.2 Å². The standard InChI is InChI=1S/C18H21N3O3S/c22-18(13-20-25(23,24)17-9-4-10-19-12-17)21-11-5-8-16(14-21)15-6-2-1-3-7-15/h1-4,6-7,9-10,12,16,20H,5,8,11,13-14H2. The Labute approximate surface area is 147 Å². The van der Waals surface area contributed by atoms with Crippen LogP contribution in [0.3, 0.4) is 0 Å². The van der Waals surface area contributed by atoms with Gasteiger partial charge in [-0.2, -0.15) is 0 Å². The number of likely N-dealkylation sites (tertiary alicyclic amines) is 1. The topological polar surface area (TPSA) is 79.4 Å². The number of benzene rings is 1. The van der Waals surface area contributed by atoms with Gasteiger partial charge in [-0.25, -0.2) is 13.1 Å². The Hall–Kier alpha value is -2.25. The summed E-state index contributed by atoms with van der Waals surface area (Å²) in [5.41, 5.74) is 1.22. The molecule has 1 saturated heterocycles. The zero-order chi connectivity index (χ0) is 17.7. The number of sulfonamides is 1. The average Bonchev–Trinajstić information content (AvgIpc) is 2.68. The van der Waals surface area contributed by atoms with Gasteiger partial charge in [0, 0.05) is 31.4 Å². The van der Waals surface area contributed by atoms with E-state index in [4.69, 9.17) is 0 Å². The summed E-state index contributed by atoms with van der Waals surface area (Å²) in [5, 5.41) is 0. The summed E-state index contributed by atoms with van der Waals surface area (Å²) >= 11 is 0. The summed E-state index contributed by atoms with van der Waals surface area (Å²) < 4.78 is 26.7. The molecule has 7 heteroatoms. The summed E-state index contributed by atoms with van der Waals surface area (Å²) in [6, 6.07) is 13.1. The van der Waals surface area contributed by atoms with Crippen molar-refractivity contribution in [2.75, 3.05) is 19.6 Å². The quantitative estimate of drug-likeness (QED) is 0.882. The van der Waals surface area contributed by atoms with E-state index >= 15 is 0 Å². The molecule has 1 aromatic heterocycles. The average molecular weight is 359 g/mol. The predicted molar refractivity (Wildman–Crippen MR) is 94.4 cm³/mol. The highest BCUT2D eigenvalue weighted by Gasteiger charge is 2.25. The van der Waals surface area contributed by atoms with Crippen LogP contribution in [0.4, 0.5) is 0 Å². The molecule has 1 atom stereocenters. The number of nitrogens with one attached hydrogen (secondary N) is 1. The zero-order valence-corrected chi connectivity index (χ0v) is 14.7. The highest BCUT2D eigenvalue weighted by Crippen LogP contribution is 2.26. The summed E-state index contributed by atoms with van der Waals surface area (Å²) in [5.74, 6) is 0.0990. The largest absolute Gasteiger partial charge is 0.341 e. The van der Waals surface area contributed by atoms with Gasteiger partial charge < -0.3 is 4.90 Å². The van der Waals surface area contributed by atoms with Gasteiger partial charge in [-0.15, -0.1) is 0 Å². The van der Waals surface area contributed by atoms with E-state index in [-0.39, 0.29) is 17.3 Å². The number of pyridine rings is 1. The molecule has 1 aromatic carbocycles. The van der Waals surface area contributed by atoms with Crippen molar-refractivity contribution in [2.24, 2.45) is 0 Å². The summed E-state index contributed by atoms with van der Waals surface area (Å²) in [6.45, 7) is 1.05. The molecule has 0 aliphatic carbocycles. The van der Waals surface area contributed by atoms with E-state index < -0.39 is 10.0 Å². The SMILES string of the molecule is O=C(CNS(=O)(=O)c1cccnc1)N1CCCC(c2ccccc2)C1. The van der Waals surface area contributed by atoms with Crippen LogP contribution in [0.2, 0.25) is 0 Å². The molecule has 2 aromatic rings. The number of amides is 1. The molecule has 0 bridgehead atoms. The molecule has 1 fully saturated rings. The fraction of sp³-hybridized carbons (Fsp3) is 0.333. The Bertz CT molecular complexity index is 810. The molecule has 0 radical (unpaired) electrons. The number of carbonyl (C=O) groups excluding carboxylic acids is 1. The second-order valence-corrected chi connectivity index (χ2v) is 7.87. The lowest BCUT2D eigenvalue weighted by Gasteiger charge is -2.33. The molecule has 1 amide bonds. The summed E-state index contributed by atoms with van der Waals surface area (Å²) in [7, 11) is -3.72. The molecule has 1 aliphatic heterocycles. The van der Waals surface area contributed by atoms with Crippen molar-refractivity contribution in [2.45, 2.75) is 23.7 Å². The normalized spacial score (nSPS) is 18.1. The number of hydrogen-bond acceptors (Lipinski definition) is 4. The fourth-order valence-corrected chi connectivity index (χ4v) is 4.00. The number of aromatic nitrogens is 1. The third kappa shape index (κ3) is 4.43. The third-order valence-corrected chi connectivity index (χ3v) is 5.79. The summed E-state index contributed by atoms with van der Waals surface area (Å²) in [4.78, 5) is 18.0. The monoisotopic (exact) mass is 359 g/mol. The van der Waals surface area contributed by atoms with Gasteiger partial charge in [-0.05, 0) is 30.5 Å². The molecule has 132 valence electrons. The van der Waals surface area contributed by atoms with Gasteiger partial charge in [0.05, 0.1) is 6.54 Å². The lowest BCUT2D eigenvalue weighted by molar-refractivity contribution is -0.131. The van der Waals surface area contributed by atoms with Crippen LogP contribution in [-0.2, 0) is 14.8 Å². The van der Waals surface area contributed by atoms with Crippen LogP contribution >= 0.6 is 0 Å². The van der Waals surface area contributed by atoms with Crippen LogP contribution in [0.5, 0.6) is 0 Å². The maximum Gasteiger partial charge on any atom is 0.242 e. The molecule has 0 spiro atoms. The third-order valence-electron chi connectivity index (χ3n) is 4.40. The Morgan fingerprint density at radius 2 is 2.00 bits per heavy atom. The fourth-order valence-electron chi connectivity index (χ4n) is 3.06. The second-order valence-electron chi connectivity index (χ2n) is 6.10. The Kier molecular flexibility index (Phi) is 5.45. The van der Waals surface area contributed by atoms with Crippen molar-refractivity contribution < 1.29 is 13.2 Å². The minimum absolute atomic E-state index is 0.0589. The molecule has 2 heterocycles. The minimum atomic E-state index is -3.72.